The van der Waals surface area contributed by atoms with Gasteiger partial charge in [-0.2, -0.15) is 0 Å². The molecular formula is C17H16BrFN2O2. The summed E-state index contributed by atoms with van der Waals surface area (Å²) in [5, 5.41) is 2.53. The average molecular weight is 379 g/mol. The maximum atomic E-state index is 12.8. The Morgan fingerprint density at radius 1 is 1.09 bits per heavy atom. The summed E-state index contributed by atoms with van der Waals surface area (Å²) in [4.78, 5) is 25.5. The number of hydrogen-bond donors (Lipinski definition) is 1. The zero-order valence-corrected chi connectivity index (χ0v) is 14.1. The smallest absolute Gasteiger partial charge is 0.251 e. The molecule has 0 saturated carbocycles. The average Bonchev–Trinajstić information content (AvgIpc) is 2.55. The Morgan fingerprint density at radius 3 is 2.30 bits per heavy atom. The summed E-state index contributed by atoms with van der Waals surface area (Å²) in [5.41, 5.74) is 1.31. The van der Waals surface area contributed by atoms with E-state index in [2.05, 4.69) is 21.2 Å². The van der Waals surface area contributed by atoms with Crippen LogP contribution in [0.1, 0.15) is 15.9 Å². The Kier molecular flexibility index (Phi) is 5.87. The van der Waals surface area contributed by atoms with Crippen molar-refractivity contribution in [2.75, 3.05) is 13.6 Å². The zero-order valence-electron chi connectivity index (χ0n) is 12.6. The first-order chi connectivity index (χ1) is 11.0. The van der Waals surface area contributed by atoms with Crippen LogP contribution in [0.3, 0.4) is 0 Å². The molecule has 0 bridgehead atoms. The Morgan fingerprint density at radius 2 is 1.70 bits per heavy atom. The fourth-order valence-electron chi connectivity index (χ4n) is 1.95. The van der Waals surface area contributed by atoms with E-state index in [1.807, 2.05) is 24.3 Å². The molecule has 23 heavy (non-hydrogen) atoms. The van der Waals surface area contributed by atoms with Crippen LogP contribution in [0.25, 0.3) is 0 Å². The van der Waals surface area contributed by atoms with E-state index in [0.717, 1.165) is 10.0 Å². The van der Waals surface area contributed by atoms with Crippen molar-refractivity contribution in [2.45, 2.75) is 6.54 Å². The highest BCUT2D eigenvalue weighted by atomic mass is 79.9. The van der Waals surface area contributed by atoms with Crippen molar-refractivity contribution in [1.82, 2.24) is 10.2 Å². The van der Waals surface area contributed by atoms with Crippen LogP contribution >= 0.6 is 15.9 Å². The fraction of sp³-hybridized carbons (Fsp3) is 0.176. The van der Waals surface area contributed by atoms with Gasteiger partial charge in [0.05, 0.1) is 6.54 Å². The molecule has 2 rings (SSSR count). The first-order valence-corrected chi connectivity index (χ1v) is 7.77. The number of carbonyl (C=O) groups is 2. The third-order valence-electron chi connectivity index (χ3n) is 3.27. The highest BCUT2D eigenvalue weighted by Crippen LogP contribution is 2.11. The summed E-state index contributed by atoms with van der Waals surface area (Å²) in [6.07, 6.45) is 0. The maximum absolute atomic E-state index is 12.8. The molecule has 0 unspecified atom stereocenters. The van der Waals surface area contributed by atoms with Gasteiger partial charge >= 0.3 is 0 Å². The number of hydrogen-bond acceptors (Lipinski definition) is 2. The quantitative estimate of drug-likeness (QED) is 0.869. The van der Waals surface area contributed by atoms with Gasteiger partial charge in [0, 0.05) is 23.6 Å². The van der Waals surface area contributed by atoms with Gasteiger partial charge in [-0.3, -0.25) is 9.59 Å². The maximum Gasteiger partial charge on any atom is 0.251 e. The molecule has 1 N–H and O–H groups in total. The van der Waals surface area contributed by atoms with Crippen LogP contribution in [0, 0.1) is 5.82 Å². The van der Waals surface area contributed by atoms with Crippen molar-refractivity contribution in [2.24, 2.45) is 0 Å². The molecule has 0 atom stereocenters. The molecule has 2 aromatic rings. The van der Waals surface area contributed by atoms with Crippen molar-refractivity contribution >= 4 is 27.7 Å². The van der Waals surface area contributed by atoms with Crippen LogP contribution < -0.4 is 5.32 Å². The zero-order chi connectivity index (χ0) is 16.8. The number of amides is 2. The molecule has 2 amide bonds. The second-order valence-electron chi connectivity index (χ2n) is 5.07. The first-order valence-electron chi connectivity index (χ1n) is 6.98. The second kappa shape index (κ2) is 7.87. The minimum atomic E-state index is -0.410. The van der Waals surface area contributed by atoms with Crippen LogP contribution in [0.2, 0.25) is 0 Å². The molecule has 0 radical (unpaired) electrons. The van der Waals surface area contributed by atoms with Gasteiger partial charge in [-0.15, -0.1) is 0 Å². The van der Waals surface area contributed by atoms with Gasteiger partial charge in [-0.05, 0) is 42.0 Å². The minimum absolute atomic E-state index is 0.108. The number of halogens is 2. The third kappa shape index (κ3) is 5.17. The Hall–Kier alpha value is -2.21. The fourth-order valence-corrected chi connectivity index (χ4v) is 2.21. The summed E-state index contributed by atoms with van der Waals surface area (Å²) in [7, 11) is 1.68. The van der Waals surface area contributed by atoms with E-state index in [1.165, 1.54) is 29.2 Å². The summed E-state index contributed by atoms with van der Waals surface area (Å²) in [6.45, 7) is 0.349. The molecule has 2 aromatic carbocycles. The van der Waals surface area contributed by atoms with Gasteiger partial charge < -0.3 is 10.2 Å². The molecule has 0 aliphatic rings. The molecule has 0 aliphatic carbocycles. The third-order valence-corrected chi connectivity index (χ3v) is 3.79. The summed E-state index contributed by atoms with van der Waals surface area (Å²) in [6, 6.07) is 12.8. The lowest BCUT2D eigenvalue weighted by Gasteiger charge is -2.17. The van der Waals surface area contributed by atoms with Crippen LogP contribution in [0.5, 0.6) is 0 Å². The van der Waals surface area contributed by atoms with Crippen LogP contribution in [0.15, 0.2) is 53.0 Å². The second-order valence-corrected chi connectivity index (χ2v) is 5.98. The Labute approximate surface area is 142 Å². The van der Waals surface area contributed by atoms with Gasteiger partial charge in [0.1, 0.15) is 5.82 Å². The molecular weight excluding hydrogens is 363 g/mol. The largest absolute Gasteiger partial charge is 0.343 e. The number of nitrogens with zero attached hydrogens (tertiary/aromatic N) is 1. The SMILES string of the molecule is CN(Cc1ccc(Br)cc1)C(=O)CNC(=O)c1ccc(F)cc1. The van der Waals surface area contributed by atoms with Crippen LogP contribution in [-0.2, 0) is 11.3 Å². The normalized spacial score (nSPS) is 10.2. The van der Waals surface area contributed by atoms with Gasteiger partial charge in [-0.1, -0.05) is 28.1 Å². The van der Waals surface area contributed by atoms with E-state index >= 15 is 0 Å². The van der Waals surface area contributed by atoms with Gasteiger partial charge in [0.2, 0.25) is 5.91 Å². The highest BCUT2D eigenvalue weighted by Gasteiger charge is 2.12. The predicted octanol–water partition coefficient (Wildman–Crippen LogP) is 2.98. The number of nitrogens with one attached hydrogen (secondary N) is 1. The van der Waals surface area contributed by atoms with Crippen molar-refractivity contribution in [3.05, 3.63) is 69.9 Å². The van der Waals surface area contributed by atoms with E-state index < -0.39 is 11.7 Å². The number of carbonyl (C=O) groups excluding carboxylic acids is 2. The van der Waals surface area contributed by atoms with Crippen molar-refractivity contribution in [1.29, 1.82) is 0 Å². The first kappa shape index (κ1) is 17.1. The minimum Gasteiger partial charge on any atom is -0.343 e. The Bertz CT molecular complexity index is 687. The molecule has 0 aromatic heterocycles. The molecule has 0 fully saturated rings. The van der Waals surface area contributed by atoms with E-state index in [0.29, 0.717) is 12.1 Å². The standard InChI is InChI=1S/C17H16BrFN2O2/c1-21(11-12-2-6-14(18)7-3-12)16(22)10-20-17(23)13-4-8-15(19)9-5-13/h2-9H,10-11H2,1H3,(H,20,23). The lowest BCUT2D eigenvalue weighted by Crippen LogP contribution is -2.37. The lowest BCUT2D eigenvalue weighted by molar-refractivity contribution is -0.129. The van der Waals surface area contributed by atoms with Crippen molar-refractivity contribution in [3.8, 4) is 0 Å². The highest BCUT2D eigenvalue weighted by molar-refractivity contribution is 9.10. The Balaban J connectivity index is 1.84. The van der Waals surface area contributed by atoms with E-state index in [-0.39, 0.29) is 12.5 Å². The van der Waals surface area contributed by atoms with Crippen molar-refractivity contribution in [3.63, 3.8) is 0 Å². The number of rotatable bonds is 5. The molecule has 6 heteroatoms. The summed E-state index contributed by atoms with van der Waals surface area (Å²) < 4.78 is 13.8. The molecule has 0 saturated heterocycles. The van der Waals surface area contributed by atoms with Crippen LogP contribution in [-0.4, -0.2) is 30.3 Å². The van der Waals surface area contributed by atoms with E-state index in [1.54, 1.807) is 7.05 Å². The van der Waals surface area contributed by atoms with E-state index in [9.17, 15) is 14.0 Å². The van der Waals surface area contributed by atoms with Gasteiger partial charge in [-0.25, -0.2) is 4.39 Å². The lowest BCUT2D eigenvalue weighted by atomic mass is 10.2. The van der Waals surface area contributed by atoms with Gasteiger partial charge in [0.25, 0.3) is 5.91 Å². The topological polar surface area (TPSA) is 49.4 Å². The van der Waals surface area contributed by atoms with Crippen molar-refractivity contribution < 1.29 is 14.0 Å². The molecule has 0 aliphatic heterocycles. The van der Waals surface area contributed by atoms with E-state index in [4.69, 9.17) is 0 Å². The number of likely N-dealkylation sites (N-methyl/N-ethyl adjacent to an activating group) is 1. The monoisotopic (exact) mass is 378 g/mol. The van der Waals surface area contributed by atoms with Crippen LogP contribution in [0.4, 0.5) is 4.39 Å². The molecule has 120 valence electrons. The molecule has 4 nitrogen and oxygen atoms in total. The van der Waals surface area contributed by atoms with Gasteiger partial charge in [0.15, 0.2) is 0 Å². The molecule has 0 heterocycles. The summed E-state index contributed by atoms with van der Waals surface area (Å²) >= 11 is 3.36. The predicted molar refractivity (Wildman–Crippen MR) is 89.3 cm³/mol. The molecule has 0 spiro atoms. The number of benzene rings is 2. The summed E-state index contributed by atoms with van der Waals surface area (Å²) in [5.74, 6) is -1.02.